The van der Waals surface area contributed by atoms with Crippen LogP contribution in [0.1, 0.15) is 126 Å². The summed E-state index contributed by atoms with van der Waals surface area (Å²) in [5.74, 6) is 6.69. The Kier molecular flexibility index (Phi) is 15.2. The third kappa shape index (κ3) is 12.8. The van der Waals surface area contributed by atoms with Gasteiger partial charge in [0, 0.05) is 11.1 Å². The minimum Gasteiger partial charge on any atom is -0.0654 e. The Morgan fingerprint density at radius 1 is 0.469 bits per heavy atom. The first-order chi connectivity index (χ1) is 15.9. The number of hydrogen-bond acceptors (Lipinski definition) is 0. The molecule has 0 aliphatic carbocycles. The van der Waals surface area contributed by atoms with Crippen molar-refractivity contribution in [2.45, 2.75) is 116 Å². The Morgan fingerprint density at radius 3 is 1.50 bits per heavy atom. The lowest BCUT2D eigenvalue weighted by Gasteiger charge is -2.05. The standard InChI is InChI=1S/C32H46/c1-2-3-4-5-6-7-8-9-10-11-12-13-14-15-16-20-25-31-26-21-22-27-32(31)29-28-30-23-18-17-19-24-30/h17-19,21-24,26-27H,2-16,20,25H2,1H3. The van der Waals surface area contributed by atoms with E-state index in [-0.39, 0.29) is 0 Å². The van der Waals surface area contributed by atoms with Gasteiger partial charge in [0.1, 0.15) is 0 Å². The predicted molar refractivity (Wildman–Crippen MR) is 142 cm³/mol. The van der Waals surface area contributed by atoms with Gasteiger partial charge in [-0.3, -0.25) is 0 Å². The van der Waals surface area contributed by atoms with E-state index in [0.29, 0.717) is 0 Å². The van der Waals surface area contributed by atoms with E-state index in [0.717, 1.165) is 12.0 Å². The van der Waals surface area contributed by atoms with Crippen LogP contribution in [0.5, 0.6) is 0 Å². The van der Waals surface area contributed by atoms with Crippen LogP contribution in [0, 0.1) is 11.8 Å². The monoisotopic (exact) mass is 430 g/mol. The van der Waals surface area contributed by atoms with Crippen LogP contribution in [0.15, 0.2) is 54.6 Å². The van der Waals surface area contributed by atoms with E-state index < -0.39 is 0 Å². The molecular weight excluding hydrogens is 384 g/mol. The van der Waals surface area contributed by atoms with Gasteiger partial charge in [0.2, 0.25) is 0 Å². The molecule has 0 saturated carbocycles. The molecule has 0 bridgehead atoms. The van der Waals surface area contributed by atoms with E-state index in [1.54, 1.807) is 0 Å². The Bertz CT molecular complexity index is 746. The fourth-order valence-corrected chi connectivity index (χ4v) is 4.38. The molecule has 0 atom stereocenters. The molecule has 0 nitrogen and oxygen atoms in total. The first kappa shape index (κ1) is 26.3. The second kappa shape index (κ2) is 18.6. The minimum atomic E-state index is 1.09. The van der Waals surface area contributed by atoms with Gasteiger partial charge in [-0.2, -0.15) is 0 Å². The van der Waals surface area contributed by atoms with Crippen molar-refractivity contribution in [2.75, 3.05) is 0 Å². The third-order valence-corrected chi connectivity index (χ3v) is 6.43. The van der Waals surface area contributed by atoms with Crippen LogP contribution in [0.25, 0.3) is 0 Å². The fourth-order valence-electron chi connectivity index (χ4n) is 4.38. The lowest BCUT2D eigenvalue weighted by Crippen LogP contribution is -1.91. The molecule has 2 rings (SSSR count). The lowest BCUT2D eigenvalue weighted by atomic mass is 10.00. The van der Waals surface area contributed by atoms with Gasteiger partial charge in [0.25, 0.3) is 0 Å². The summed E-state index contributed by atoms with van der Waals surface area (Å²) in [6.07, 6.45) is 23.9. The average Bonchev–Trinajstić information content (AvgIpc) is 2.83. The molecule has 0 saturated heterocycles. The molecule has 0 heteroatoms. The molecule has 0 amide bonds. The van der Waals surface area contributed by atoms with Crippen LogP contribution in [0.4, 0.5) is 0 Å². The summed E-state index contributed by atoms with van der Waals surface area (Å²) in [5.41, 5.74) is 3.68. The maximum absolute atomic E-state index is 3.38. The van der Waals surface area contributed by atoms with Crippen LogP contribution in [0.3, 0.4) is 0 Å². The number of aryl methyl sites for hydroxylation is 1. The van der Waals surface area contributed by atoms with E-state index in [1.165, 1.54) is 114 Å². The molecule has 0 fully saturated rings. The molecule has 0 aromatic heterocycles. The van der Waals surface area contributed by atoms with E-state index in [9.17, 15) is 0 Å². The molecule has 0 radical (unpaired) electrons. The summed E-state index contributed by atoms with van der Waals surface area (Å²) < 4.78 is 0. The zero-order valence-electron chi connectivity index (χ0n) is 20.7. The molecule has 0 spiro atoms. The van der Waals surface area contributed by atoms with Gasteiger partial charge in [-0.25, -0.2) is 0 Å². The molecule has 0 N–H and O–H groups in total. The van der Waals surface area contributed by atoms with Crippen LogP contribution in [-0.2, 0) is 6.42 Å². The topological polar surface area (TPSA) is 0 Å². The van der Waals surface area contributed by atoms with E-state index >= 15 is 0 Å². The van der Waals surface area contributed by atoms with Crippen molar-refractivity contribution in [2.24, 2.45) is 0 Å². The van der Waals surface area contributed by atoms with Gasteiger partial charge in [-0.1, -0.05) is 151 Å². The molecule has 2 aromatic carbocycles. The smallest absolute Gasteiger partial charge is 0.0281 e. The first-order valence-corrected chi connectivity index (χ1v) is 13.5. The zero-order chi connectivity index (χ0) is 22.5. The number of benzene rings is 2. The maximum atomic E-state index is 3.38. The highest BCUT2D eigenvalue weighted by Crippen LogP contribution is 2.16. The van der Waals surface area contributed by atoms with Crippen molar-refractivity contribution >= 4 is 0 Å². The Labute approximate surface area is 199 Å². The predicted octanol–water partition coefficient (Wildman–Crippen LogP) is 9.89. The number of unbranched alkanes of at least 4 members (excludes halogenated alkanes) is 15. The van der Waals surface area contributed by atoms with Gasteiger partial charge in [-0.05, 0) is 36.6 Å². The van der Waals surface area contributed by atoms with Crippen LogP contribution < -0.4 is 0 Å². The molecular formula is C32H46. The van der Waals surface area contributed by atoms with E-state index in [4.69, 9.17) is 0 Å². The highest BCUT2D eigenvalue weighted by Gasteiger charge is 2.00. The maximum Gasteiger partial charge on any atom is 0.0281 e. The van der Waals surface area contributed by atoms with Crippen LogP contribution in [0.2, 0.25) is 0 Å². The highest BCUT2D eigenvalue weighted by atomic mass is 14.0. The molecule has 0 heterocycles. The largest absolute Gasteiger partial charge is 0.0654 e. The minimum absolute atomic E-state index is 1.09. The molecule has 174 valence electrons. The van der Waals surface area contributed by atoms with Gasteiger partial charge >= 0.3 is 0 Å². The first-order valence-electron chi connectivity index (χ1n) is 13.5. The van der Waals surface area contributed by atoms with Crippen molar-refractivity contribution in [1.82, 2.24) is 0 Å². The average molecular weight is 431 g/mol. The van der Waals surface area contributed by atoms with Crippen LogP contribution in [-0.4, -0.2) is 0 Å². The van der Waals surface area contributed by atoms with Crippen molar-refractivity contribution in [1.29, 1.82) is 0 Å². The Morgan fingerprint density at radius 2 is 0.938 bits per heavy atom. The summed E-state index contributed by atoms with van der Waals surface area (Å²) in [5, 5.41) is 0. The molecule has 2 aromatic rings. The Balaban J connectivity index is 1.46. The summed E-state index contributed by atoms with van der Waals surface area (Å²) in [6, 6.07) is 18.9. The van der Waals surface area contributed by atoms with Gasteiger partial charge < -0.3 is 0 Å². The lowest BCUT2D eigenvalue weighted by molar-refractivity contribution is 0.529. The van der Waals surface area contributed by atoms with Gasteiger partial charge in [0.05, 0.1) is 0 Å². The van der Waals surface area contributed by atoms with Crippen LogP contribution >= 0.6 is 0 Å². The summed E-state index contributed by atoms with van der Waals surface area (Å²) >= 11 is 0. The molecule has 0 aliphatic heterocycles. The van der Waals surface area contributed by atoms with Crippen molar-refractivity contribution in [3.63, 3.8) is 0 Å². The third-order valence-electron chi connectivity index (χ3n) is 6.43. The second-order valence-electron chi connectivity index (χ2n) is 9.33. The quantitative estimate of drug-likeness (QED) is 0.173. The molecule has 0 unspecified atom stereocenters. The SMILES string of the molecule is CCCCCCCCCCCCCCCCCCc1ccccc1C#Cc1ccccc1. The van der Waals surface area contributed by atoms with Crippen molar-refractivity contribution in [3.8, 4) is 11.8 Å². The number of rotatable bonds is 17. The van der Waals surface area contributed by atoms with E-state index in [1.807, 2.05) is 18.2 Å². The van der Waals surface area contributed by atoms with Gasteiger partial charge in [0.15, 0.2) is 0 Å². The number of hydrogen-bond donors (Lipinski definition) is 0. The Hall–Kier alpha value is -2.00. The van der Waals surface area contributed by atoms with Gasteiger partial charge in [-0.15, -0.1) is 0 Å². The second-order valence-corrected chi connectivity index (χ2v) is 9.33. The van der Waals surface area contributed by atoms with E-state index in [2.05, 4.69) is 55.2 Å². The fraction of sp³-hybridized carbons (Fsp3) is 0.562. The summed E-state index contributed by atoms with van der Waals surface area (Å²) in [6.45, 7) is 2.30. The summed E-state index contributed by atoms with van der Waals surface area (Å²) in [7, 11) is 0. The summed E-state index contributed by atoms with van der Waals surface area (Å²) in [4.78, 5) is 0. The highest BCUT2D eigenvalue weighted by molar-refractivity contribution is 5.46. The molecule has 0 aliphatic rings. The molecule has 32 heavy (non-hydrogen) atoms. The van der Waals surface area contributed by atoms with Crippen molar-refractivity contribution < 1.29 is 0 Å². The zero-order valence-corrected chi connectivity index (χ0v) is 20.7. The normalized spacial score (nSPS) is 10.7. The van der Waals surface area contributed by atoms with Crippen molar-refractivity contribution in [3.05, 3.63) is 71.3 Å².